The number of hydrogen-bond donors (Lipinski definition) is 3. The van der Waals surface area contributed by atoms with Crippen LogP contribution in [0.25, 0.3) is 10.9 Å². The van der Waals surface area contributed by atoms with E-state index in [1.165, 1.54) is 42.1 Å². The number of guanidine groups is 1. The average Bonchev–Trinajstić information content (AvgIpc) is 2.95. The molecule has 0 bridgehead atoms. The quantitative estimate of drug-likeness (QED) is 0.243. The largest absolute Gasteiger partial charge is 0.370 e. The summed E-state index contributed by atoms with van der Waals surface area (Å²) in [6.07, 6.45) is 9.12. The fourth-order valence-corrected chi connectivity index (χ4v) is 2.63. The van der Waals surface area contributed by atoms with E-state index in [-0.39, 0.29) is 24.0 Å². The molecule has 0 spiro atoms. The summed E-state index contributed by atoms with van der Waals surface area (Å²) in [6, 6.07) is 8.41. The maximum Gasteiger partial charge on any atom is 0.188 e. The number of aryl methyl sites for hydroxylation is 1. The number of aromatic nitrogens is 1. The van der Waals surface area contributed by atoms with Gasteiger partial charge in [0.05, 0.1) is 0 Å². The van der Waals surface area contributed by atoms with E-state index in [1.54, 1.807) is 0 Å². The number of halogens is 1. The molecule has 0 unspecified atom stereocenters. The number of para-hydroxylation sites is 1. The summed E-state index contributed by atoms with van der Waals surface area (Å²) in [4.78, 5) is 7.70. The Hall–Kier alpha value is -1.24. The number of rotatable bonds is 9. The van der Waals surface area contributed by atoms with Crippen LogP contribution in [0.15, 0.2) is 35.5 Å². The molecule has 1 aromatic heterocycles. The highest BCUT2D eigenvalue weighted by atomic mass is 127. The topological polar surface area (TPSA) is 66.2 Å². The summed E-state index contributed by atoms with van der Waals surface area (Å²) in [5.74, 6) is 0.579. The minimum absolute atomic E-state index is 0. The molecule has 0 aliphatic carbocycles. The van der Waals surface area contributed by atoms with Crippen LogP contribution in [0, 0.1) is 0 Å². The zero-order chi connectivity index (χ0) is 15.6. The first-order chi connectivity index (χ1) is 10.8. The van der Waals surface area contributed by atoms with Gasteiger partial charge in [-0.05, 0) is 30.9 Å². The van der Waals surface area contributed by atoms with Crippen LogP contribution in [-0.2, 0) is 6.42 Å². The van der Waals surface area contributed by atoms with Gasteiger partial charge < -0.3 is 16.0 Å². The molecule has 2 aromatic rings. The van der Waals surface area contributed by atoms with Gasteiger partial charge in [-0.1, -0.05) is 44.4 Å². The standard InChI is InChI=1S/C18H28N4.HI/c1-2-3-4-7-12-20-18(19)21-13-8-9-15-14-22-17-11-6-5-10-16(15)17;/h5-6,10-11,14,22H,2-4,7-9,12-13H2,1H3,(H3,19,20,21);1H. The average molecular weight is 428 g/mol. The molecule has 128 valence electrons. The first-order valence-electron chi connectivity index (χ1n) is 8.40. The zero-order valence-electron chi connectivity index (χ0n) is 14.0. The Balaban J connectivity index is 0.00000264. The molecule has 0 aliphatic heterocycles. The molecule has 0 aliphatic rings. The van der Waals surface area contributed by atoms with Crippen molar-refractivity contribution in [3.05, 3.63) is 36.0 Å². The molecule has 23 heavy (non-hydrogen) atoms. The third kappa shape index (κ3) is 6.81. The minimum Gasteiger partial charge on any atom is -0.370 e. The maximum atomic E-state index is 5.87. The number of aliphatic imine (C=N–C) groups is 1. The molecule has 1 aromatic carbocycles. The van der Waals surface area contributed by atoms with Crippen molar-refractivity contribution in [3.8, 4) is 0 Å². The van der Waals surface area contributed by atoms with Crippen LogP contribution in [0.5, 0.6) is 0 Å². The molecule has 4 N–H and O–H groups in total. The van der Waals surface area contributed by atoms with Crippen LogP contribution in [0.3, 0.4) is 0 Å². The lowest BCUT2D eigenvalue weighted by Crippen LogP contribution is -2.32. The van der Waals surface area contributed by atoms with E-state index >= 15 is 0 Å². The van der Waals surface area contributed by atoms with Crippen molar-refractivity contribution in [2.24, 2.45) is 10.7 Å². The number of aromatic amines is 1. The fraction of sp³-hybridized carbons (Fsp3) is 0.500. The van der Waals surface area contributed by atoms with Gasteiger partial charge in [-0.2, -0.15) is 0 Å². The van der Waals surface area contributed by atoms with Crippen molar-refractivity contribution >= 4 is 40.8 Å². The predicted molar refractivity (Wildman–Crippen MR) is 111 cm³/mol. The molecule has 0 atom stereocenters. The predicted octanol–water partition coefficient (Wildman–Crippen LogP) is 4.20. The van der Waals surface area contributed by atoms with Crippen molar-refractivity contribution in [1.82, 2.24) is 10.3 Å². The Morgan fingerprint density at radius 3 is 2.83 bits per heavy atom. The molecule has 0 fully saturated rings. The van der Waals surface area contributed by atoms with Crippen LogP contribution < -0.4 is 11.1 Å². The first-order valence-corrected chi connectivity index (χ1v) is 8.40. The molecule has 1 heterocycles. The van der Waals surface area contributed by atoms with Gasteiger partial charge in [0.15, 0.2) is 5.96 Å². The number of unbranched alkanes of at least 4 members (excludes halogenated alkanes) is 3. The molecular formula is C18H29IN4. The Kier molecular flexibility index (Phi) is 9.75. The molecule has 0 saturated carbocycles. The van der Waals surface area contributed by atoms with E-state index in [0.717, 1.165) is 25.9 Å². The van der Waals surface area contributed by atoms with Crippen molar-refractivity contribution in [1.29, 1.82) is 0 Å². The van der Waals surface area contributed by atoms with Crippen molar-refractivity contribution < 1.29 is 0 Å². The minimum atomic E-state index is 0. The summed E-state index contributed by atoms with van der Waals surface area (Å²) in [5, 5.41) is 4.50. The van der Waals surface area contributed by atoms with Crippen molar-refractivity contribution in [2.45, 2.75) is 45.4 Å². The third-order valence-electron chi connectivity index (χ3n) is 3.90. The second-order valence-corrected chi connectivity index (χ2v) is 5.72. The SMILES string of the molecule is CCCCCCNC(N)=NCCCc1c[nH]c2ccccc12.I. The molecule has 0 radical (unpaired) electrons. The number of benzene rings is 1. The van der Waals surface area contributed by atoms with Crippen LogP contribution >= 0.6 is 24.0 Å². The number of nitrogens with one attached hydrogen (secondary N) is 2. The van der Waals surface area contributed by atoms with E-state index in [2.05, 4.69) is 52.7 Å². The molecule has 5 heteroatoms. The van der Waals surface area contributed by atoms with E-state index in [1.807, 2.05) is 0 Å². The Morgan fingerprint density at radius 1 is 1.17 bits per heavy atom. The summed E-state index contributed by atoms with van der Waals surface area (Å²) in [6.45, 7) is 3.92. The number of fused-ring (bicyclic) bond motifs is 1. The second-order valence-electron chi connectivity index (χ2n) is 5.72. The van der Waals surface area contributed by atoms with Crippen molar-refractivity contribution in [2.75, 3.05) is 13.1 Å². The molecule has 4 nitrogen and oxygen atoms in total. The van der Waals surface area contributed by atoms with Gasteiger partial charge in [0.2, 0.25) is 0 Å². The van der Waals surface area contributed by atoms with E-state index in [0.29, 0.717) is 5.96 Å². The van der Waals surface area contributed by atoms with Gasteiger partial charge in [0, 0.05) is 30.2 Å². The van der Waals surface area contributed by atoms with E-state index < -0.39 is 0 Å². The van der Waals surface area contributed by atoms with Crippen LogP contribution in [0.2, 0.25) is 0 Å². The summed E-state index contributed by atoms with van der Waals surface area (Å²) in [7, 11) is 0. The Labute approximate surface area is 156 Å². The highest BCUT2D eigenvalue weighted by Crippen LogP contribution is 2.18. The fourth-order valence-electron chi connectivity index (χ4n) is 2.63. The second kappa shape index (κ2) is 11.3. The van der Waals surface area contributed by atoms with Crippen LogP contribution in [0.4, 0.5) is 0 Å². The molecule has 2 rings (SSSR count). The lowest BCUT2D eigenvalue weighted by Gasteiger charge is -2.05. The van der Waals surface area contributed by atoms with E-state index in [9.17, 15) is 0 Å². The Bertz CT molecular complexity index is 591. The highest BCUT2D eigenvalue weighted by molar-refractivity contribution is 14.0. The zero-order valence-corrected chi connectivity index (χ0v) is 16.3. The van der Waals surface area contributed by atoms with Crippen LogP contribution in [-0.4, -0.2) is 24.0 Å². The summed E-state index contributed by atoms with van der Waals surface area (Å²) in [5.41, 5.74) is 8.43. The summed E-state index contributed by atoms with van der Waals surface area (Å²) < 4.78 is 0. The van der Waals surface area contributed by atoms with E-state index in [4.69, 9.17) is 5.73 Å². The number of nitrogens with zero attached hydrogens (tertiary/aromatic N) is 1. The molecule has 0 amide bonds. The number of hydrogen-bond acceptors (Lipinski definition) is 1. The van der Waals surface area contributed by atoms with Gasteiger partial charge >= 0.3 is 0 Å². The highest BCUT2D eigenvalue weighted by Gasteiger charge is 2.02. The van der Waals surface area contributed by atoms with Crippen molar-refractivity contribution in [3.63, 3.8) is 0 Å². The van der Waals surface area contributed by atoms with Crippen LogP contribution in [0.1, 0.15) is 44.6 Å². The van der Waals surface area contributed by atoms with Gasteiger partial charge in [-0.3, -0.25) is 4.99 Å². The number of H-pyrrole nitrogens is 1. The number of nitrogens with two attached hydrogens (primary N) is 1. The first kappa shape index (κ1) is 19.8. The molecular weight excluding hydrogens is 399 g/mol. The lowest BCUT2D eigenvalue weighted by molar-refractivity contribution is 0.652. The monoisotopic (exact) mass is 428 g/mol. The van der Waals surface area contributed by atoms with Gasteiger partial charge in [-0.15, -0.1) is 24.0 Å². The van der Waals surface area contributed by atoms with Gasteiger partial charge in [0.25, 0.3) is 0 Å². The Morgan fingerprint density at radius 2 is 2.00 bits per heavy atom. The van der Waals surface area contributed by atoms with Gasteiger partial charge in [-0.25, -0.2) is 0 Å². The normalized spacial score (nSPS) is 11.4. The third-order valence-corrected chi connectivity index (χ3v) is 3.90. The smallest absolute Gasteiger partial charge is 0.188 e. The molecule has 0 saturated heterocycles. The summed E-state index contributed by atoms with van der Waals surface area (Å²) >= 11 is 0. The maximum absolute atomic E-state index is 5.87. The lowest BCUT2D eigenvalue weighted by atomic mass is 10.1. The van der Waals surface area contributed by atoms with Gasteiger partial charge in [0.1, 0.15) is 0 Å².